The van der Waals surface area contributed by atoms with E-state index in [-0.39, 0.29) is 22.8 Å². The zero-order valence-electron chi connectivity index (χ0n) is 13.5. The summed E-state index contributed by atoms with van der Waals surface area (Å²) < 4.78 is 6.87. The number of hydrogen-bond acceptors (Lipinski definition) is 5. The van der Waals surface area contributed by atoms with Crippen LogP contribution >= 0.6 is 22.9 Å². The van der Waals surface area contributed by atoms with Gasteiger partial charge in [-0.15, -0.1) is 11.3 Å². The zero-order valence-corrected chi connectivity index (χ0v) is 15.0. The smallest absolute Gasteiger partial charge is 0.359 e. The van der Waals surface area contributed by atoms with Gasteiger partial charge >= 0.3 is 5.97 Å². The molecule has 24 heavy (non-hydrogen) atoms. The third kappa shape index (κ3) is 3.72. The Labute approximate surface area is 149 Å². The second-order valence-corrected chi connectivity index (χ2v) is 7.28. The molecular formula is C16H20ClN3O3S. The van der Waals surface area contributed by atoms with Crippen molar-refractivity contribution < 1.29 is 14.3 Å². The van der Waals surface area contributed by atoms with Crippen LogP contribution in [0.5, 0.6) is 0 Å². The first-order valence-electron chi connectivity index (χ1n) is 8.18. The van der Waals surface area contributed by atoms with Gasteiger partial charge in [0.25, 0.3) is 5.91 Å². The average Bonchev–Trinajstić information content (AvgIpc) is 2.98. The monoisotopic (exact) mass is 369 g/mol. The minimum Gasteiger partial charge on any atom is -0.448 e. The van der Waals surface area contributed by atoms with Crippen LogP contribution in [-0.2, 0) is 9.53 Å². The van der Waals surface area contributed by atoms with Crippen molar-refractivity contribution in [3.05, 3.63) is 22.4 Å². The van der Waals surface area contributed by atoms with Crippen molar-refractivity contribution in [2.45, 2.75) is 57.6 Å². The van der Waals surface area contributed by atoms with Gasteiger partial charge in [-0.25, -0.2) is 9.78 Å². The second kappa shape index (κ2) is 7.53. The fraction of sp³-hybridized carbons (Fsp3) is 0.562. The summed E-state index contributed by atoms with van der Waals surface area (Å²) in [7, 11) is 0. The largest absolute Gasteiger partial charge is 0.448 e. The van der Waals surface area contributed by atoms with Crippen molar-refractivity contribution in [3.63, 3.8) is 0 Å². The number of nitrogens with one attached hydrogen (secondary N) is 1. The first-order chi connectivity index (χ1) is 11.6. The summed E-state index contributed by atoms with van der Waals surface area (Å²) in [5, 5.41) is 4.88. The number of ether oxygens (including phenoxy) is 1. The summed E-state index contributed by atoms with van der Waals surface area (Å²) in [6.07, 6.45) is 7.47. The van der Waals surface area contributed by atoms with Crippen molar-refractivity contribution in [3.8, 4) is 0 Å². The van der Waals surface area contributed by atoms with Crippen LogP contribution in [0.15, 0.2) is 11.6 Å². The van der Waals surface area contributed by atoms with Crippen LogP contribution in [0, 0.1) is 0 Å². The summed E-state index contributed by atoms with van der Waals surface area (Å²) in [5.41, 5.74) is 0.155. The maximum atomic E-state index is 12.4. The first-order valence-corrected chi connectivity index (χ1v) is 9.44. The quantitative estimate of drug-likeness (QED) is 0.662. The van der Waals surface area contributed by atoms with Crippen molar-refractivity contribution in [2.24, 2.45) is 0 Å². The minimum absolute atomic E-state index is 0.0863. The molecule has 0 radical (unpaired) electrons. The summed E-state index contributed by atoms with van der Waals surface area (Å²) in [5.74, 6) is -0.910. The summed E-state index contributed by atoms with van der Waals surface area (Å²) in [6, 6.07) is 0.170. The number of amides is 1. The third-order valence-corrected chi connectivity index (χ3v) is 5.29. The van der Waals surface area contributed by atoms with Gasteiger partial charge in [0.1, 0.15) is 0 Å². The van der Waals surface area contributed by atoms with E-state index in [1.165, 1.54) is 24.2 Å². The summed E-state index contributed by atoms with van der Waals surface area (Å²) >= 11 is 7.38. The molecule has 1 aliphatic rings. The highest BCUT2D eigenvalue weighted by molar-refractivity contribution is 7.15. The van der Waals surface area contributed by atoms with Crippen molar-refractivity contribution in [2.75, 3.05) is 0 Å². The van der Waals surface area contributed by atoms with Gasteiger partial charge in [-0.05, 0) is 19.8 Å². The highest BCUT2D eigenvalue weighted by Crippen LogP contribution is 2.22. The molecule has 1 saturated carbocycles. The van der Waals surface area contributed by atoms with Gasteiger partial charge in [0, 0.05) is 17.6 Å². The number of nitrogens with zero attached hydrogens (tertiary/aromatic N) is 2. The first kappa shape index (κ1) is 17.2. The van der Waals surface area contributed by atoms with Crippen LogP contribution in [-0.4, -0.2) is 33.4 Å². The Bertz CT molecular complexity index is 734. The van der Waals surface area contributed by atoms with Crippen LogP contribution in [0.25, 0.3) is 4.96 Å². The van der Waals surface area contributed by atoms with Crippen LogP contribution in [0.3, 0.4) is 0 Å². The van der Waals surface area contributed by atoms with E-state index in [0.29, 0.717) is 4.96 Å². The number of esters is 1. The molecule has 1 fully saturated rings. The molecule has 0 aromatic carbocycles. The molecule has 3 rings (SSSR count). The van der Waals surface area contributed by atoms with E-state index in [9.17, 15) is 9.59 Å². The zero-order chi connectivity index (χ0) is 17.1. The molecule has 1 amide bonds. The van der Waals surface area contributed by atoms with Crippen LogP contribution in [0.2, 0.25) is 5.15 Å². The maximum absolute atomic E-state index is 12.4. The number of imidazole rings is 1. The van der Waals surface area contributed by atoms with Gasteiger partial charge in [0.05, 0.1) is 0 Å². The molecule has 2 heterocycles. The van der Waals surface area contributed by atoms with Crippen LogP contribution in [0.4, 0.5) is 0 Å². The molecular weight excluding hydrogens is 350 g/mol. The van der Waals surface area contributed by atoms with E-state index in [1.807, 2.05) is 0 Å². The lowest BCUT2D eigenvalue weighted by Crippen LogP contribution is -2.42. The topological polar surface area (TPSA) is 72.7 Å². The van der Waals surface area contributed by atoms with E-state index in [0.717, 1.165) is 25.7 Å². The van der Waals surface area contributed by atoms with Gasteiger partial charge < -0.3 is 10.1 Å². The number of thiazole rings is 1. The molecule has 8 heteroatoms. The van der Waals surface area contributed by atoms with Gasteiger partial charge in [0.15, 0.2) is 21.9 Å². The number of fused-ring (bicyclic) bond motifs is 1. The molecule has 0 aliphatic heterocycles. The standard InChI is InChI=1S/C16H20ClN3O3S/c1-10(14(21)18-11-6-4-2-3-5-7-11)23-15(22)12-13(17)19-16-20(12)8-9-24-16/h8-11H,2-7H2,1H3,(H,18,21)/t10-/m1/s1. The number of hydrogen-bond donors (Lipinski definition) is 1. The van der Waals surface area contributed by atoms with E-state index >= 15 is 0 Å². The normalized spacial score (nSPS) is 17.4. The Balaban J connectivity index is 1.62. The molecule has 0 saturated heterocycles. The molecule has 1 atom stereocenters. The highest BCUT2D eigenvalue weighted by Gasteiger charge is 2.26. The summed E-state index contributed by atoms with van der Waals surface area (Å²) in [6.45, 7) is 1.57. The molecule has 0 bridgehead atoms. The van der Waals surface area contributed by atoms with Crippen molar-refractivity contribution in [1.82, 2.24) is 14.7 Å². The SMILES string of the molecule is C[C@@H](OC(=O)c1c(Cl)nc2sccn12)C(=O)NC1CCCCCC1. The Hall–Kier alpha value is -1.60. The number of carbonyl (C=O) groups is 2. The van der Waals surface area contributed by atoms with E-state index in [4.69, 9.17) is 16.3 Å². The molecule has 2 aromatic rings. The molecule has 1 aliphatic carbocycles. The Morgan fingerprint density at radius 2 is 2.08 bits per heavy atom. The van der Waals surface area contributed by atoms with Crippen molar-refractivity contribution in [1.29, 1.82) is 0 Å². The fourth-order valence-electron chi connectivity index (χ4n) is 2.95. The predicted molar refractivity (Wildman–Crippen MR) is 92.6 cm³/mol. The van der Waals surface area contributed by atoms with Gasteiger partial charge in [-0.2, -0.15) is 0 Å². The van der Waals surface area contributed by atoms with E-state index in [1.54, 1.807) is 22.9 Å². The lowest BCUT2D eigenvalue weighted by atomic mass is 10.1. The molecule has 130 valence electrons. The van der Waals surface area contributed by atoms with Gasteiger partial charge in [-0.3, -0.25) is 9.20 Å². The van der Waals surface area contributed by atoms with Crippen molar-refractivity contribution >= 4 is 39.8 Å². The van der Waals surface area contributed by atoms with Gasteiger partial charge in [0.2, 0.25) is 0 Å². The number of carbonyl (C=O) groups excluding carboxylic acids is 2. The molecule has 6 nitrogen and oxygen atoms in total. The number of halogens is 1. The van der Waals surface area contributed by atoms with Crippen LogP contribution < -0.4 is 5.32 Å². The number of aromatic nitrogens is 2. The van der Waals surface area contributed by atoms with E-state index in [2.05, 4.69) is 10.3 Å². The fourth-order valence-corrected chi connectivity index (χ4v) is 3.97. The summed E-state index contributed by atoms with van der Waals surface area (Å²) in [4.78, 5) is 29.4. The predicted octanol–water partition coefficient (Wildman–Crippen LogP) is 3.43. The Kier molecular flexibility index (Phi) is 5.40. The van der Waals surface area contributed by atoms with E-state index < -0.39 is 12.1 Å². The maximum Gasteiger partial charge on any atom is 0.359 e. The Morgan fingerprint density at radius 1 is 1.38 bits per heavy atom. The lowest BCUT2D eigenvalue weighted by molar-refractivity contribution is -0.129. The third-order valence-electron chi connectivity index (χ3n) is 4.27. The molecule has 0 spiro atoms. The molecule has 2 aromatic heterocycles. The van der Waals surface area contributed by atoms with Gasteiger partial charge in [-0.1, -0.05) is 37.3 Å². The number of rotatable bonds is 4. The lowest BCUT2D eigenvalue weighted by Gasteiger charge is -2.19. The molecule has 1 N–H and O–H groups in total. The second-order valence-electron chi connectivity index (χ2n) is 6.05. The Morgan fingerprint density at radius 3 is 2.79 bits per heavy atom. The average molecular weight is 370 g/mol. The minimum atomic E-state index is -0.874. The van der Waals surface area contributed by atoms with Crippen LogP contribution in [0.1, 0.15) is 55.9 Å². The highest BCUT2D eigenvalue weighted by atomic mass is 35.5. The molecule has 0 unspecified atom stereocenters.